The molecule has 0 spiro atoms. The summed E-state index contributed by atoms with van der Waals surface area (Å²) in [6.45, 7) is 9.16. The zero-order valence-electron chi connectivity index (χ0n) is 13.0. The van der Waals surface area contributed by atoms with Crippen LogP contribution in [0.15, 0.2) is 12.1 Å². The summed E-state index contributed by atoms with van der Waals surface area (Å²) in [6, 6.07) is 4.67. The minimum absolute atomic E-state index is 1.24. The molecule has 0 aliphatic rings. The number of aryl methyl sites for hydroxylation is 1. The topological polar surface area (TPSA) is 0 Å². The lowest BCUT2D eigenvalue weighted by Gasteiger charge is -2.02. The fourth-order valence-electron chi connectivity index (χ4n) is 2.05. The van der Waals surface area contributed by atoms with Crippen LogP contribution in [0.1, 0.15) is 42.4 Å². The van der Waals surface area contributed by atoms with Crippen molar-refractivity contribution in [3.8, 4) is 11.5 Å². The molecule has 0 saturated heterocycles. The van der Waals surface area contributed by atoms with E-state index in [1.54, 1.807) is 4.88 Å². The van der Waals surface area contributed by atoms with Gasteiger partial charge in [0.1, 0.15) is 8.07 Å². The van der Waals surface area contributed by atoms with Crippen molar-refractivity contribution in [2.24, 2.45) is 0 Å². The summed E-state index contributed by atoms with van der Waals surface area (Å²) in [5.41, 5.74) is 3.46. The molecule has 0 N–H and O–H groups in total. The Labute approximate surface area is 132 Å². The van der Waals surface area contributed by atoms with E-state index in [2.05, 4.69) is 50.2 Å². The quantitative estimate of drug-likeness (QED) is 0.344. The third kappa shape index (κ3) is 4.77. The Morgan fingerprint density at radius 3 is 2.40 bits per heavy atom. The van der Waals surface area contributed by atoms with Gasteiger partial charge in [0.05, 0.1) is 4.88 Å². The molecule has 0 saturated carbocycles. The summed E-state index contributed by atoms with van der Waals surface area (Å²) in [6.07, 6.45) is 6.65. The molecule has 3 heteroatoms. The van der Waals surface area contributed by atoms with Crippen LogP contribution in [0, 0.1) is 11.5 Å². The van der Waals surface area contributed by atoms with E-state index in [0.29, 0.717) is 0 Å². The zero-order valence-corrected chi connectivity index (χ0v) is 15.6. The van der Waals surface area contributed by atoms with Crippen molar-refractivity contribution in [1.82, 2.24) is 0 Å². The summed E-state index contributed by atoms with van der Waals surface area (Å²) in [4.78, 5) is 2.79. The molecule has 2 rings (SSSR count). The Hall–Kier alpha value is -0.563. The summed E-state index contributed by atoms with van der Waals surface area (Å²) in [5.74, 6) is 3.38. The molecular formula is C17H24S2Si. The predicted molar refractivity (Wildman–Crippen MR) is 97.8 cm³/mol. The third-order valence-corrected chi connectivity index (χ3v) is 6.24. The van der Waals surface area contributed by atoms with Crippen LogP contribution in [0.4, 0.5) is 0 Å². The third-order valence-electron chi connectivity index (χ3n) is 3.10. The van der Waals surface area contributed by atoms with Gasteiger partial charge >= 0.3 is 0 Å². The van der Waals surface area contributed by atoms with Crippen LogP contribution >= 0.6 is 22.7 Å². The zero-order chi connectivity index (χ0) is 14.6. The van der Waals surface area contributed by atoms with Gasteiger partial charge in [0.2, 0.25) is 0 Å². The van der Waals surface area contributed by atoms with E-state index in [1.165, 1.54) is 46.4 Å². The van der Waals surface area contributed by atoms with Crippen molar-refractivity contribution in [2.75, 3.05) is 0 Å². The van der Waals surface area contributed by atoms with Gasteiger partial charge in [-0.1, -0.05) is 51.7 Å². The first-order chi connectivity index (χ1) is 9.48. The summed E-state index contributed by atoms with van der Waals surface area (Å²) in [7, 11) is -1.26. The van der Waals surface area contributed by atoms with Crippen molar-refractivity contribution in [3.05, 3.63) is 21.9 Å². The Morgan fingerprint density at radius 1 is 1.00 bits per heavy atom. The lowest BCUT2D eigenvalue weighted by atomic mass is 10.1. The second kappa shape index (κ2) is 6.93. The van der Waals surface area contributed by atoms with E-state index in [1.807, 2.05) is 22.7 Å². The molecule has 0 aliphatic heterocycles. The second-order valence-corrected chi connectivity index (χ2v) is 13.4. The minimum Gasteiger partial charge on any atom is -0.139 e. The highest BCUT2D eigenvalue weighted by atomic mass is 32.1. The molecule has 0 nitrogen and oxygen atoms in total. The van der Waals surface area contributed by atoms with Crippen LogP contribution in [-0.2, 0) is 6.42 Å². The van der Waals surface area contributed by atoms with E-state index in [0.717, 1.165) is 0 Å². The van der Waals surface area contributed by atoms with E-state index in [9.17, 15) is 0 Å². The van der Waals surface area contributed by atoms with Gasteiger partial charge in [-0.2, -0.15) is 0 Å². The van der Waals surface area contributed by atoms with Gasteiger partial charge in [-0.05, 0) is 25.0 Å². The SMILES string of the molecule is CCCCCCc1cc2sc(C#C[Si](C)(C)C)cc2s1. The molecule has 0 fully saturated rings. The fourth-order valence-corrected chi connectivity index (χ4v) is 4.96. The number of hydrogen-bond acceptors (Lipinski definition) is 2. The maximum absolute atomic E-state index is 3.46. The van der Waals surface area contributed by atoms with Gasteiger partial charge < -0.3 is 0 Å². The van der Waals surface area contributed by atoms with Gasteiger partial charge in [-0.25, -0.2) is 0 Å². The van der Waals surface area contributed by atoms with Crippen molar-refractivity contribution in [1.29, 1.82) is 0 Å². The van der Waals surface area contributed by atoms with Crippen LogP contribution in [0.5, 0.6) is 0 Å². The van der Waals surface area contributed by atoms with Crippen molar-refractivity contribution < 1.29 is 0 Å². The smallest absolute Gasteiger partial charge is 0.129 e. The first-order valence-corrected chi connectivity index (χ1v) is 12.7. The maximum atomic E-state index is 3.46. The highest BCUT2D eigenvalue weighted by Gasteiger charge is 2.09. The lowest BCUT2D eigenvalue weighted by Crippen LogP contribution is -2.16. The number of thiophene rings is 2. The highest BCUT2D eigenvalue weighted by molar-refractivity contribution is 7.28. The predicted octanol–water partition coefficient (Wildman–Crippen LogP) is 6.31. The Balaban J connectivity index is 2.02. The van der Waals surface area contributed by atoms with Crippen molar-refractivity contribution in [2.45, 2.75) is 58.7 Å². The summed E-state index contributed by atoms with van der Waals surface area (Å²) >= 11 is 3.83. The Kier molecular flexibility index (Phi) is 5.48. The molecule has 2 aromatic rings. The maximum Gasteiger partial charge on any atom is 0.129 e. The van der Waals surface area contributed by atoms with Crippen LogP contribution < -0.4 is 0 Å². The largest absolute Gasteiger partial charge is 0.139 e. The molecule has 0 bridgehead atoms. The number of unbranched alkanes of at least 4 members (excludes halogenated alkanes) is 3. The molecule has 0 radical (unpaired) electrons. The highest BCUT2D eigenvalue weighted by Crippen LogP contribution is 2.33. The molecular weight excluding hydrogens is 296 g/mol. The first-order valence-electron chi connectivity index (χ1n) is 7.53. The van der Waals surface area contributed by atoms with Crippen molar-refractivity contribution in [3.63, 3.8) is 0 Å². The minimum atomic E-state index is -1.26. The van der Waals surface area contributed by atoms with Crippen LogP contribution in [0.2, 0.25) is 19.6 Å². The van der Waals surface area contributed by atoms with Gasteiger partial charge in [-0.15, -0.1) is 28.2 Å². The van der Waals surface area contributed by atoms with Crippen LogP contribution in [0.25, 0.3) is 9.40 Å². The summed E-state index contributed by atoms with van der Waals surface area (Å²) < 4.78 is 2.86. The summed E-state index contributed by atoms with van der Waals surface area (Å²) in [5, 5.41) is 0. The molecule has 108 valence electrons. The van der Waals surface area contributed by atoms with Crippen molar-refractivity contribution >= 4 is 40.1 Å². The molecule has 2 heterocycles. The fraction of sp³-hybridized carbons (Fsp3) is 0.529. The lowest BCUT2D eigenvalue weighted by molar-refractivity contribution is 0.670. The molecule has 0 unspecified atom stereocenters. The van der Waals surface area contributed by atoms with E-state index in [4.69, 9.17) is 0 Å². The van der Waals surface area contributed by atoms with Gasteiger partial charge in [-0.3, -0.25) is 0 Å². The Bertz CT molecular complexity index is 585. The second-order valence-electron chi connectivity index (χ2n) is 6.36. The monoisotopic (exact) mass is 320 g/mol. The molecule has 2 aromatic heterocycles. The van der Waals surface area contributed by atoms with Crippen LogP contribution in [-0.4, -0.2) is 8.07 Å². The van der Waals surface area contributed by atoms with Crippen LogP contribution in [0.3, 0.4) is 0 Å². The van der Waals surface area contributed by atoms with E-state index in [-0.39, 0.29) is 0 Å². The molecule has 0 atom stereocenters. The Morgan fingerprint density at radius 2 is 1.75 bits per heavy atom. The standard InChI is InChI=1S/C17H24S2Si/c1-5-6-7-8-9-14-12-16-17(18-14)13-15(19-16)10-11-20(2,3)4/h12-13H,5-9H2,1-4H3. The number of rotatable bonds is 5. The normalized spacial score (nSPS) is 11.6. The molecule has 0 aliphatic carbocycles. The first kappa shape index (κ1) is 15.8. The van der Waals surface area contributed by atoms with E-state index < -0.39 is 8.07 Å². The van der Waals surface area contributed by atoms with Gasteiger partial charge in [0.25, 0.3) is 0 Å². The van der Waals surface area contributed by atoms with Gasteiger partial charge in [0, 0.05) is 14.3 Å². The average Bonchev–Trinajstić information content (AvgIpc) is 2.89. The van der Waals surface area contributed by atoms with E-state index >= 15 is 0 Å². The molecule has 0 aromatic carbocycles. The number of fused-ring (bicyclic) bond motifs is 1. The van der Waals surface area contributed by atoms with Gasteiger partial charge in [0.15, 0.2) is 0 Å². The average molecular weight is 321 g/mol. The number of hydrogen-bond donors (Lipinski definition) is 0. The molecule has 20 heavy (non-hydrogen) atoms. The molecule has 0 amide bonds.